The van der Waals surface area contributed by atoms with E-state index in [1.807, 2.05) is 18.2 Å². The van der Waals surface area contributed by atoms with E-state index in [4.69, 9.17) is 24.9 Å². The minimum absolute atomic E-state index is 0.0814. The number of anilines is 1. The maximum atomic E-state index is 14.3. The number of ether oxygens (including phenoxy) is 3. The van der Waals surface area contributed by atoms with E-state index in [9.17, 15) is 9.59 Å². The van der Waals surface area contributed by atoms with E-state index in [2.05, 4.69) is 18.8 Å². The van der Waals surface area contributed by atoms with Crippen LogP contribution in [0.1, 0.15) is 48.3 Å². The number of benzene rings is 1. The molecular formula is C27H33N5O5. The number of aliphatic imine (C=N–C) groups is 1. The molecule has 2 N–H and O–H groups in total. The van der Waals surface area contributed by atoms with E-state index in [1.165, 1.54) is 6.20 Å². The first-order chi connectivity index (χ1) is 17.8. The van der Waals surface area contributed by atoms with E-state index >= 15 is 0 Å². The van der Waals surface area contributed by atoms with Crippen LogP contribution in [0.5, 0.6) is 11.5 Å². The third kappa shape index (κ3) is 4.50. The Balaban J connectivity index is 1.60. The molecule has 1 saturated heterocycles. The van der Waals surface area contributed by atoms with Crippen molar-refractivity contribution in [1.82, 2.24) is 9.88 Å². The molecule has 2 unspecified atom stereocenters. The highest BCUT2D eigenvalue weighted by atomic mass is 16.5. The molecule has 3 aliphatic heterocycles. The van der Waals surface area contributed by atoms with Crippen LogP contribution in [-0.2, 0) is 11.2 Å². The van der Waals surface area contributed by atoms with Crippen LogP contribution in [-0.4, -0.2) is 73.2 Å². The van der Waals surface area contributed by atoms with Crippen LogP contribution in [0.4, 0.5) is 10.5 Å². The Hall–Kier alpha value is -3.66. The average molecular weight is 508 g/mol. The number of urea groups is 1. The second-order valence-electron chi connectivity index (χ2n) is 10.0. The van der Waals surface area contributed by atoms with Crippen molar-refractivity contribution in [3.63, 3.8) is 0 Å². The summed E-state index contributed by atoms with van der Waals surface area (Å²) in [4.78, 5) is 39.5. The smallest absolute Gasteiger partial charge is 0.330 e. The van der Waals surface area contributed by atoms with E-state index in [1.54, 1.807) is 30.1 Å². The minimum Gasteiger partial charge on any atom is -0.497 e. The van der Waals surface area contributed by atoms with Gasteiger partial charge in [0.25, 0.3) is 0 Å². The van der Waals surface area contributed by atoms with Gasteiger partial charge in [-0.25, -0.2) is 9.78 Å². The standard InChI is InChI=1S/C27H33N5O5/c1-15(2)23-21(11-16-9-19(35-3)13-20(10-16)36-4)32-26(30-23)24-22(12-17(14-29-24)25(28)33)31(27(32)34)18-5-7-37-8-6-18/h9-10,12-15,18,21,23H,5-8,11H2,1-4H3,(H2,28,33). The molecule has 4 heterocycles. The molecule has 0 radical (unpaired) electrons. The number of carbonyl (C=O) groups excluding carboxylic acids is 2. The molecule has 0 aliphatic carbocycles. The number of fused-ring (bicyclic) bond motifs is 3. The summed E-state index contributed by atoms with van der Waals surface area (Å²) in [5.41, 5.74) is 7.98. The summed E-state index contributed by atoms with van der Waals surface area (Å²) in [5.74, 6) is 1.50. The van der Waals surface area contributed by atoms with Crippen LogP contribution in [0.15, 0.2) is 35.5 Å². The number of nitrogens with zero attached hydrogens (tertiary/aromatic N) is 4. The molecular weight excluding hydrogens is 474 g/mol. The number of amidine groups is 1. The van der Waals surface area contributed by atoms with Crippen molar-refractivity contribution in [2.45, 2.75) is 51.2 Å². The normalized spacial score (nSPS) is 21.5. The van der Waals surface area contributed by atoms with Crippen molar-refractivity contribution in [3.05, 3.63) is 47.3 Å². The van der Waals surface area contributed by atoms with Crippen LogP contribution in [0, 0.1) is 5.92 Å². The fraction of sp³-hybridized carbons (Fsp3) is 0.481. The molecule has 37 heavy (non-hydrogen) atoms. The molecule has 10 heteroatoms. The lowest BCUT2D eigenvalue weighted by atomic mass is 9.91. The number of methoxy groups -OCH3 is 2. The molecule has 1 fully saturated rings. The maximum absolute atomic E-state index is 14.3. The quantitative estimate of drug-likeness (QED) is 0.615. The van der Waals surface area contributed by atoms with Gasteiger partial charge >= 0.3 is 6.03 Å². The lowest BCUT2D eigenvalue weighted by Crippen LogP contribution is -2.59. The maximum Gasteiger partial charge on any atom is 0.330 e. The summed E-state index contributed by atoms with van der Waals surface area (Å²) in [5, 5.41) is 0. The topological polar surface area (TPSA) is 120 Å². The van der Waals surface area contributed by atoms with E-state index < -0.39 is 5.91 Å². The zero-order valence-corrected chi connectivity index (χ0v) is 21.6. The molecule has 196 valence electrons. The largest absolute Gasteiger partial charge is 0.497 e. The first-order valence-electron chi connectivity index (χ1n) is 12.6. The molecule has 3 aliphatic rings. The van der Waals surface area contributed by atoms with Gasteiger partial charge in [0.2, 0.25) is 5.91 Å². The molecule has 1 aromatic heterocycles. The summed E-state index contributed by atoms with van der Waals surface area (Å²) >= 11 is 0. The Morgan fingerprint density at radius 3 is 2.38 bits per heavy atom. The van der Waals surface area contributed by atoms with Crippen molar-refractivity contribution in [2.24, 2.45) is 16.6 Å². The average Bonchev–Trinajstić information content (AvgIpc) is 3.28. The zero-order valence-electron chi connectivity index (χ0n) is 21.6. The SMILES string of the molecule is COc1cc(CC2C(C(C)C)N=C3c4ncc(C(N)=O)cc4N(C4CCOCC4)C(=O)N32)cc(OC)c1. The van der Waals surface area contributed by atoms with Crippen molar-refractivity contribution in [3.8, 4) is 11.5 Å². The van der Waals surface area contributed by atoms with Gasteiger partial charge in [-0.3, -0.25) is 19.6 Å². The van der Waals surface area contributed by atoms with Crippen LogP contribution < -0.4 is 20.1 Å². The molecule has 10 nitrogen and oxygen atoms in total. The van der Waals surface area contributed by atoms with Crippen LogP contribution in [0.2, 0.25) is 0 Å². The second-order valence-corrected chi connectivity index (χ2v) is 10.0. The first-order valence-corrected chi connectivity index (χ1v) is 12.6. The van der Waals surface area contributed by atoms with Crippen molar-refractivity contribution >= 4 is 23.5 Å². The lowest BCUT2D eigenvalue weighted by molar-refractivity contribution is 0.0843. The predicted octanol–water partition coefficient (Wildman–Crippen LogP) is 3.01. The monoisotopic (exact) mass is 507 g/mol. The minimum atomic E-state index is -0.588. The predicted molar refractivity (Wildman–Crippen MR) is 139 cm³/mol. The van der Waals surface area contributed by atoms with E-state index in [0.29, 0.717) is 61.2 Å². The second kappa shape index (κ2) is 10.0. The van der Waals surface area contributed by atoms with Gasteiger partial charge in [0.15, 0.2) is 5.84 Å². The van der Waals surface area contributed by atoms with Gasteiger partial charge in [-0.15, -0.1) is 0 Å². The Morgan fingerprint density at radius 2 is 1.78 bits per heavy atom. The van der Waals surface area contributed by atoms with Crippen molar-refractivity contribution in [1.29, 1.82) is 0 Å². The molecule has 5 rings (SSSR count). The van der Waals surface area contributed by atoms with Gasteiger partial charge in [-0.1, -0.05) is 13.8 Å². The van der Waals surface area contributed by atoms with Crippen molar-refractivity contribution < 1.29 is 23.8 Å². The third-order valence-electron chi connectivity index (χ3n) is 7.36. The number of pyridine rings is 1. The number of primary amides is 1. The number of aromatic nitrogens is 1. The fourth-order valence-corrected chi connectivity index (χ4v) is 5.50. The first kappa shape index (κ1) is 25.0. The number of rotatable bonds is 7. The van der Waals surface area contributed by atoms with Crippen molar-refractivity contribution in [2.75, 3.05) is 32.3 Å². The number of amides is 3. The summed E-state index contributed by atoms with van der Waals surface area (Å²) in [6.07, 6.45) is 3.41. The summed E-state index contributed by atoms with van der Waals surface area (Å²) in [7, 11) is 3.24. The Morgan fingerprint density at radius 1 is 1.11 bits per heavy atom. The van der Waals surface area contributed by atoms with Gasteiger partial charge in [0.05, 0.1) is 37.6 Å². The van der Waals surface area contributed by atoms with Gasteiger partial charge < -0.3 is 19.9 Å². The molecule has 0 saturated carbocycles. The Kier molecular flexibility index (Phi) is 6.76. The molecule has 2 atom stereocenters. The Bertz CT molecular complexity index is 1220. The fourth-order valence-electron chi connectivity index (χ4n) is 5.50. The number of carbonyl (C=O) groups is 2. The molecule has 0 bridgehead atoms. The van der Waals surface area contributed by atoms with Crippen LogP contribution >= 0.6 is 0 Å². The highest BCUT2D eigenvalue weighted by molar-refractivity contribution is 6.20. The van der Waals surface area contributed by atoms with Crippen LogP contribution in [0.3, 0.4) is 0 Å². The number of hydrogen-bond donors (Lipinski definition) is 1. The molecule has 0 spiro atoms. The Labute approximate surface area is 216 Å². The van der Waals surface area contributed by atoms with E-state index in [0.717, 1.165) is 5.56 Å². The van der Waals surface area contributed by atoms with Gasteiger partial charge in [0.1, 0.15) is 17.2 Å². The summed E-state index contributed by atoms with van der Waals surface area (Å²) in [6.45, 7) is 5.35. The lowest BCUT2D eigenvalue weighted by Gasteiger charge is -2.43. The highest BCUT2D eigenvalue weighted by Gasteiger charge is 2.49. The van der Waals surface area contributed by atoms with E-state index in [-0.39, 0.29) is 35.6 Å². The summed E-state index contributed by atoms with van der Waals surface area (Å²) < 4.78 is 16.5. The molecule has 3 amide bonds. The molecule has 2 aromatic rings. The number of hydrogen-bond acceptors (Lipinski definition) is 7. The molecule has 1 aromatic carbocycles. The zero-order chi connectivity index (χ0) is 26.3. The van der Waals surface area contributed by atoms with Crippen LogP contribution in [0.25, 0.3) is 0 Å². The highest BCUT2D eigenvalue weighted by Crippen LogP contribution is 2.39. The third-order valence-corrected chi connectivity index (χ3v) is 7.36. The summed E-state index contributed by atoms with van der Waals surface area (Å²) in [6, 6.07) is 6.81. The van der Waals surface area contributed by atoms with Gasteiger partial charge in [-0.2, -0.15) is 0 Å². The van der Waals surface area contributed by atoms with Gasteiger partial charge in [-0.05, 0) is 48.9 Å². The van der Waals surface area contributed by atoms with Gasteiger partial charge in [0, 0.05) is 31.5 Å². The number of nitrogens with two attached hydrogens (primary N) is 1.